The molecule has 56 valence electrons. The molecule has 10 heavy (non-hydrogen) atoms. The molecule has 1 rings (SSSR count). The highest BCUT2D eigenvalue weighted by atomic mass is 19.1. The molecular formula is C6H8F2N2. The van der Waals surface area contributed by atoms with Crippen LogP contribution >= 0.6 is 0 Å². The van der Waals surface area contributed by atoms with E-state index < -0.39 is 11.6 Å². The van der Waals surface area contributed by atoms with Crippen LogP contribution in [-0.2, 0) is 0 Å². The predicted molar refractivity (Wildman–Crippen MR) is 33.9 cm³/mol. The first-order valence-corrected chi connectivity index (χ1v) is 2.47. The van der Waals surface area contributed by atoms with Crippen LogP contribution in [0.3, 0.4) is 0 Å². The van der Waals surface area contributed by atoms with E-state index in [1.165, 1.54) is 6.92 Å². The summed E-state index contributed by atoms with van der Waals surface area (Å²) in [7, 11) is 0. The monoisotopic (exact) mass is 146 g/mol. The van der Waals surface area contributed by atoms with E-state index in [0.29, 0.717) is 0 Å². The van der Waals surface area contributed by atoms with Crippen molar-refractivity contribution in [3.63, 3.8) is 0 Å². The van der Waals surface area contributed by atoms with Crippen molar-refractivity contribution in [2.75, 3.05) is 0 Å². The molecule has 0 amide bonds. The number of hydrogen-bond donors (Lipinski definition) is 1. The van der Waals surface area contributed by atoms with E-state index in [1.54, 1.807) is 0 Å². The van der Waals surface area contributed by atoms with Crippen LogP contribution in [0.2, 0.25) is 0 Å². The minimum Gasteiger partial charge on any atom is -0.344 e. The maximum Gasteiger partial charge on any atom is 0.147 e. The van der Waals surface area contributed by atoms with E-state index in [0.717, 1.165) is 12.4 Å². The van der Waals surface area contributed by atoms with Crippen molar-refractivity contribution < 1.29 is 8.78 Å². The van der Waals surface area contributed by atoms with Gasteiger partial charge in [0.2, 0.25) is 0 Å². The van der Waals surface area contributed by atoms with Gasteiger partial charge >= 0.3 is 0 Å². The molecule has 4 heteroatoms. The van der Waals surface area contributed by atoms with Crippen LogP contribution in [0.4, 0.5) is 8.78 Å². The molecule has 0 spiro atoms. The minimum absolute atomic E-state index is 0. The third-order valence-electron chi connectivity index (χ3n) is 1.09. The molecule has 3 N–H and O–H groups in total. The van der Waals surface area contributed by atoms with Gasteiger partial charge in [-0.3, -0.25) is 4.98 Å². The lowest BCUT2D eigenvalue weighted by Crippen LogP contribution is -1.88. The summed E-state index contributed by atoms with van der Waals surface area (Å²) in [6.45, 7) is 1.37. The highest BCUT2D eigenvalue weighted by Crippen LogP contribution is 2.06. The van der Waals surface area contributed by atoms with Crippen LogP contribution in [0.1, 0.15) is 5.56 Å². The third-order valence-corrected chi connectivity index (χ3v) is 1.09. The van der Waals surface area contributed by atoms with Crippen molar-refractivity contribution in [2.45, 2.75) is 6.92 Å². The Morgan fingerprint density at radius 1 is 1.20 bits per heavy atom. The van der Waals surface area contributed by atoms with Crippen molar-refractivity contribution in [3.8, 4) is 0 Å². The Morgan fingerprint density at radius 3 is 1.90 bits per heavy atom. The van der Waals surface area contributed by atoms with E-state index in [1.807, 2.05) is 0 Å². The van der Waals surface area contributed by atoms with Gasteiger partial charge in [0.15, 0.2) is 0 Å². The van der Waals surface area contributed by atoms with Crippen LogP contribution in [0.25, 0.3) is 0 Å². The largest absolute Gasteiger partial charge is 0.344 e. The lowest BCUT2D eigenvalue weighted by molar-refractivity contribution is 0.558. The van der Waals surface area contributed by atoms with E-state index in [-0.39, 0.29) is 11.7 Å². The zero-order valence-corrected chi connectivity index (χ0v) is 5.56. The normalized spacial score (nSPS) is 8.70. The summed E-state index contributed by atoms with van der Waals surface area (Å²) < 4.78 is 24.6. The van der Waals surface area contributed by atoms with Crippen molar-refractivity contribution >= 4 is 0 Å². The van der Waals surface area contributed by atoms with Gasteiger partial charge in [-0.1, -0.05) is 0 Å². The summed E-state index contributed by atoms with van der Waals surface area (Å²) in [5.74, 6) is -1.20. The highest BCUT2D eigenvalue weighted by Gasteiger charge is 2.00. The number of rotatable bonds is 0. The van der Waals surface area contributed by atoms with Crippen LogP contribution in [-0.4, -0.2) is 4.98 Å². The molecule has 0 unspecified atom stereocenters. The number of aromatic nitrogens is 1. The van der Waals surface area contributed by atoms with Crippen molar-refractivity contribution in [2.24, 2.45) is 0 Å². The summed E-state index contributed by atoms with van der Waals surface area (Å²) in [6.07, 6.45) is 1.97. The molecule has 0 radical (unpaired) electrons. The fourth-order valence-corrected chi connectivity index (χ4v) is 0.476. The second kappa shape index (κ2) is 3.22. The molecule has 0 saturated heterocycles. The van der Waals surface area contributed by atoms with Gasteiger partial charge in [-0.2, -0.15) is 0 Å². The van der Waals surface area contributed by atoms with Crippen molar-refractivity contribution in [3.05, 3.63) is 29.6 Å². The maximum atomic E-state index is 12.3. The Hall–Kier alpha value is -1.03. The molecule has 0 bridgehead atoms. The molecule has 0 aliphatic rings. The molecule has 1 aromatic heterocycles. The van der Waals surface area contributed by atoms with Gasteiger partial charge in [-0.25, -0.2) is 8.78 Å². The molecular weight excluding hydrogens is 138 g/mol. The number of nitrogens with zero attached hydrogens (tertiary/aromatic N) is 1. The molecule has 0 aliphatic carbocycles. The second-order valence-corrected chi connectivity index (χ2v) is 1.73. The Labute approximate surface area is 57.5 Å². The van der Waals surface area contributed by atoms with E-state index in [2.05, 4.69) is 4.98 Å². The zero-order chi connectivity index (χ0) is 6.85. The predicted octanol–water partition coefficient (Wildman–Crippen LogP) is 1.83. The molecule has 0 aliphatic heterocycles. The molecule has 1 heterocycles. The van der Waals surface area contributed by atoms with Crippen LogP contribution < -0.4 is 6.15 Å². The number of halogens is 2. The highest BCUT2D eigenvalue weighted by molar-refractivity contribution is 5.11. The first-order chi connectivity index (χ1) is 4.22. The zero-order valence-electron chi connectivity index (χ0n) is 5.56. The summed E-state index contributed by atoms with van der Waals surface area (Å²) in [6, 6.07) is 0. The Morgan fingerprint density at radius 2 is 1.60 bits per heavy atom. The molecule has 0 fully saturated rings. The molecule has 0 aromatic carbocycles. The third kappa shape index (κ3) is 1.48. The Balaban J connectivity index is 0.000000810. The average molecular weight is 146 g/mol. The van der Waals surface area contributed by atoms with Crippen LogP contribution in [0.15, 0.2) is 12.4 Å². The smallest absolute Gasteiger partial charge is 0.147 e. The van der Waals surface area contributed by atoms with Gasteiger partial charge in [0, 0.05) is 5.56 Å². The van der Waals surface area contributed by atoms with Gasteiger partial charge in [-0.05, 0) is 6.92 Å². The summed E-state index contributed by atoms with van der Waals surface area (Å²) in [4.78, 5) is 3.29. The fraction of sp³-hybridized carbons (Fsp3) is 0.167. The standard InChI is InChI=1S/C6H5F2N.H3N/c1-4-5(7)2-9-3-6(4)8;/h2-3H,1H3;1H3. The van der Waals surface area contributed by atoms with Gasteiger partial charge in [0.1, 0.15) is 11.6 Å². The van der Waals surface area contributed by atoms with E-state index in [9.17, 15) is 8.78 Å². The molecule has 1 aromatic rings. The quantitative estimate of drug-likeness (QED) is 0.607. The SMILES string of the molecule is Cc1c(F)cncc1F.N. The lowest BCUT2D eigenvalue weighted by Gasteiger charge is -1.93. The summed E-state index contributed by atoms with van der Waals surface area (Å²) in [5, 5.41) is 0. The first kappa shape index (κ1) is 8.97. The number of pyridine rings is 1. The van der Waals surface area contributed by atoms with Gasteiger partial charge < -0.3 is 6.15 Å². The minimum atomic E-state index is -0.602. The van der Waals surface area contributed by atoms with Crippen LogP contribution in [0.5, 0.6) is 0 Å². The Kier molecular flexibility index (Phi) is 2.89. The van der Waals surface area contributed by atoms with Crippen molar-refractivity contribution in [1.82, 2.24) is 11.1 Å². The summed E-state index contributed by atoms with van der Waals surface area (Å²) in [5.41, 5.74) is 0.0185. The first-order valence-electron chi connectivity index (χ1n) is 2.47. The van der Waals surface area contributed by atoms with Gasteiger partial charge in [0.05, 0.1) is 12.4 Å². The molecule has 0 saturated carbocycles. The fourth-order valence-electron chi connectivity index (χ4n) is 0.476. The topological polar surface area (TPSA) is 47.9 Å². The second-order valence-electron chi connectivity index (χ2n) is 1.73. The average Bonchev–Trinajstić information content (AvgIpc) is 1.83. The van der Waals surface area contributed by atoms with Crippen molar-refractivity contribution in [1.29, 1.82) is 0 Å². The summed E-state index contributed by atoms with van der Waals surface area (Å²) >= 11 is 0. The van der Waals surface area contributed by atoms with E-state index >= 15 is 0 Å². The maximum absolute atomic E-state index is 12.3. The molecule has 0 atom stereocenters. The van der Waals surface area contributed by atoms with Crippen LogP contribution in [0, 0.1) is 18.6 Å². The van der Waals surface area contributed by atoms with E-state index in [4.69, 9.17) is 0 Å². The lowest BCUT2D eigenvalue weighted by atomic mass is 10.3. The molecule has 2 nitrogen and oxygen atoms in total. The number of hydrogen-bond acceptors (Lipinski definition) is 2. The van der Waals surface area contributed by atoms with Gasteiger partial charge in [0.25, 0.3) is 0 Å². The Bertz CT molecular complexity index is 205. The van der Waals surface area contributed by atoms with Gasteiger partial charge in [-0.15, -0.1) is 0 Å².